The van der Waals surface area contributed by atoms with Crippen LogP contribution in [0.5, 0.6) is 0 Å². The number of sulfone groups is 1. The molecule has 6 heteroatoms. The summed E-state index contributed by atoms with van der Waals surface area (Å²) in [6.07, 6.45) is 5.64. The third kappa shape index (κ3) is 4.23. The van der Waals surface area contributed by atoms with Crippen LogP contribution in [0.3, 0.4) is 0 Å². The quantitative estimate of drug-likeness (QED) is 0.890. The number of carbonyl (C=O) groups is 1. The molecule has 1 aromatic rings. The van der Waals surface area contributed by atoms with E-state index >= 15 is 0 Å². The van der Waals surface area contributed by atoms with Gasteiger partial charge < -0.3 is 10.6 Å². The Hall–Kier alpha value is -1.56. The monoisotopic (exact) mass is 296 g/mol. The van der Waals surface area contributed by atoms with Crippen molar-refractivity contribution in [1.29, 1.82) is 0 Å². The molecular weight excluding hydrogens is 276 g/mol. The predicted molar refractivity (Wildman–Crippen MR) is 77.2 cm³/mol. The Bertz CT molecular complexity index is 561. The standard InChI is InChI=1S/C14H20N2O3S/c1-20(18,19)13-8-6-11(7-9-13)10-15-14(17)16-12-4-2-3-5-12/h6-9,12H,2-5,10H2,1H3,(H2,15,16,17). The Labute approximate surface area is 119 Å². The molecular formula is C14H20N2O3S. The number of rotatable bonds is 4. The highest BCUT2D eigenvalue weighted by molar-refractivity contribution is 7.90. The second-order valence-electron chi connectivity index (χ2n) is 5.22. The van der Waals surface area contributed by atoms with Gasteiger partial charge in [-0.05, 0) is 30.5 Å². The van der Waals surface area contributed by atoms with Gasteiger partial charge in [0, 0.05) is 18.8 Å². The molecule has 20 heavy (non-hydrogen) atoms. The minimum atomic E-state index is -3.17. The van der Waals surface area contributed by atoms with Crippen LogP contribution in [0.4, 0.5) is 4.79 Å². The van der Waals surface area contributed by atoms with Crippen LogP contribution in [0.15, 0.2) is 29.2 Å². The minimum absolute atomic E-state index is 0.163. The Morgan fingerprint density at radius 1 is 1.20 bits per heavy atom. The van der Waals surface area contributed by atoms with E-state index in [4.69, 9.17) is 0 Å². The normalized spacial score (nSPS) is 16.1. The van der Waals surface area contributed by atoms with E-state index in [1.165, 1.54) is 19.1 Å². The first kappa shape index (κ1) is 14.8. The van der Waals surface area contributed by atoms with Crippen molar-refractivity contribution in [3.05, 3.63) is 29.8 Å². The molecule has 1 aliphatic carbocycles. The third-order valence-electron chi connectivity index (χ3n) is 3.49. The van der Waals surface area contributed by atoms with Crippen molar-refractivity contribution >= 4 is 15.9 Å². The number of hydrogen-bond donors (Lipinski definition) is 2. The smallest absolute Gasteiger partial charge is 0.315 e. The summed E-state index contributed by atoms with van der Waals surface area (Å²) < 4.78 is 22.6. The summed E-state index contributed by atoms with van der Waals surface area (Å²) in [7, 11) is -3.17. The van der Waals surface area contributed by atoms with Crippen molar-refractivity contribution in [2.24, 2.45) is 0 Å². The summed E-state index contributed by atoms with van der Waals surface area (Å²) >= 11 is 0. The first-order valence-electron chi connectivity index (χ1n) is 6.78. The SMILES string of the molecule is CS(=O)(=O)c1ccc(CNC(=O)NC2CCCC2)cc1. The Kier molecular flexibility index (Phi) is 4.65. The molecule has 0 aromatic heterocycles. The molecule has 0 spiro atoms. The molecule has 0 radical (unpaired) electrons. The van der Waals surface area contributed by atoms with Crippen LogP contribution in [0, 0.1) is 0 Å². The number of nitrogens with one attached hydrogen (secondary N) is 2. The maximum absolute atomic E-state index is 11.7. The van der Waals surface area contributed by atoms with Crippen LogP contribution in [-0.2, 0) is 16.4 Å². The highest BCUT2D eigenvalue weighted by atomic mass is 32.2. The molecule has 1 fully saturated rings. The number of urea groups is 1. The minimum Gasteiger partial charge on any atom is -0.335 e. The fraction of sp³-hybridized carbons (Fsp3) is 0.500. The summed E-state index contributed by atoms with van der Waals surface area (Å²) in [6, 6.07) is 6.67. The van der Waals surface area contributed by atoms with Gasteiger partial charge in [-0.1, -0.05) is 25.0 Å². The lowest BCUT2D eigenvalue weighted by Crippen LogP contribution is -2.40. The van der Waals surface area contributed by atoms with Crippen molar-refractivity contribution in [3.63, 3.8) is 0 Å². The summed E-state index contributed by atoms with van der Waals surface area (Å²) in [5.41, 5.74) is 0.874. The van der Waals surface area contributed by atoms with E-state index < -0.39 is 9.84 Å². The van der Waals surface area contributed by atoms with Gasteiger partial charge in [-0.3, -0.25) is 0 Å². The van der Waals surface area contributed by atoms with Crippen LogP contribution in [-0.4, -0.2) is 26.7 Å². The molecule has 0 atom stereocenters. The largest absolute Gasteiger partial charge is 0.335 e. The van der Waals surface area contributed by atoms with E-state index in [9.17, 15) is 13.2 Å². The zero-order chi connectivity index (χ0) is 14.6. The molecule has 2 rings (SSSR count). The molecule has 2 amide bonds. The predicted octanol–water partition coefficient (Wildman–Crippen LogP) is 1.83. The summed E-state index contributed by atoms with van der Waals surface area (Å²) in [5.74, 6) is 0. The van der Waals surface area contributed by atoms with E-state index in [1.54, 1.807) is 24.3 Å². The average Bonchev–Trinajstić information content (AvgIpc) is 2.88. The molecule has 1 saturated carbocycles. The maximum Gasteiger partial charge on any atom is 0.315 e. The van der Waals surface area contributed by atoms with Crippen molar-refractivity contribution in [1.82, 2.24) is 10.6 Å². The first-order valence-corrected chi connectivity index (χ1v) is 8.67. The van der Waals surface area contributed by atoms with Crippen LogP contribution >= 0.6 is 0 Å². The number of hydrogen-bond acceptors (Lipinski definition) is 3. The summed E-state index contributed by atoms with van der Waals surface area (Å²) in [6.45, 7) is 0.391. The van der Waals surface area contributed by atoms with Crippen molar-refractivity contribution < 1.29 is 13.2 Å². The fourth-order valence-corrected chi connectivity index (χ4v) is 2.97. The highest BCUT2D eigenvalue weighted by Gasteiger charge is 2.16. The lowest BCUT2D eigenvalue weighted by atomic mass is 10.2. The molecule has 0 heterocycles. The second-order valence-corrected chi connectivity index (χ2v) is 7.24. The van der Waals surface area contributed by atoms with E-state index in [1.807, 2.05) is 0 Å². The van der Waals surface area contributed by atoms with Crippen LogP contribution in [0.2, 0.25) is 0 Å². The van der Waals surface area contributed by atoms with Crippen molar-refractivity contribution in [3.8, 4) is 0 Å². The lowest BCUT2D eigenvalue weighted by Gasteiger charge is -2.13. The molecule has 0 aliphatic heterocycles. The zero-order valence-electron chi connectivity index (χ0n) is 11.6. The molecule has 1 aromatic carbocycles. The van der Waals surface area contributed by atoms with Gasteiger partial charge in [-0.25, -0.2) is 13.2 Å². The molecule has 0 unspecified atom stereocenters. The first-order chi connectivity index (χ1) is 9.45. The molecule has 0 bridgehead atoms. The van der Waals surface area contributed by atoms with Gasteiger partial charge in [-0.2, -0.15) is 0 Å². The number of amides is 2. The average molecular weight is 296 g/mol. The Balaban J connectivity index is 1.83. The van der Waals surface area contributed by atoms with Gasteiger partial charge in [0.2, 0.25) is 0 Å². The lowest BCUT2D eigenvalue weighted by molar-refractivity contribution is 0.236. The third-order valence-corrected chi connectivity index (χ3v) is 4.62. The van der Waals surface area contributed by atoms with E-state index in [2.05, 4.69) is 10.6 Å². The van der Waals surface area contributed by atoms with Crippen LogP contribution in [0.25, 0.3) is 0 Å². The second kappa shape index (κ2) is 6.26. The maximum atomic E-state index is 11.7. The molecule has 110 valence electrons. The number of benzene rings is 1. The topological polar surface area (TPSA) is 75.3 Å². The van der Waals surface area contributed by atoms with Crippen molar-refractivity contribution in [2.45, 2.75) is 43.2 Å². The Morgan fingerprint density at radius 3 is 2.35 bits per heavy atom. The van der Waals surface area contributed by atoms with Crippen molar-refractivity contribution in [2.75, 3.05) is 6.26 Å². The van der Waals surface area contributed by atoms with E-state index in [0.717, 1.165) is 18.4 Å². The van der Waals surface area contributed by atoms with Gasteiger partial charge >= 0.3 is 6.03 Å². The number of carbonyl (C=O) groups excluding carboxylic acids is 1. The molecule has 5 nitrogen and oxygen atoms in total. The van der Waals surface area contributed by atoms with E-state index in [-0.39, 0.29) is 10.9 Å². The summed E-state index contributed by atoms with van der Waals surface area (Å²) in [5, 5.41) is 5.72. The Morgan fingerprint density at radius 2 is 1.80 bits per heavy atom. The van der Waals surface area contributed by atoms with Crippen LogP contribution < -0.4 is 10.6 Å². The van der Waals surface area contributed by atoms with Gasteiger partial charge in [-0.15, -0.1) is 0 Å². The van der Waals surface area contributed by atoms with Gasteiger partial charge in [0.1, 0.15) is 0 Å². The molecule has 2 N–H and O–H groups in total. The highest BCUT2D eigenvalue weighted by Crippen LogP contribution is 2.17. The van der Waals surface area contributed by atoms with Gasteiger partial charge in [0.25, 0.3) is 0 Å². The van der Waals surface area contributed by atoms with Gasteiger partial charge in [0.05, 0.1) is 4.90 Å². The van der Waals surface area contributed by atoms with Gasteiger partial charge in [0.15, 0.2) is 9.84 Å². The fourth-order valence-electron chi connectivity index (χ4n) is 2.34. The summed E-state index contributed by atoms with van der Waals surface area (Å²) in [4.78, 5) is 12.0. The van der Waals surface area contributed by atoms with E-state index in [0.29, 0.717) is 12.6 Å². The van der Waals surface area contributed by atoms with Crippen LogP contribution in [0.1, 0.15) is 31.2 Å². The molecule has 1 aliphatic rings. The molecule has 0 saturated heterocycles. The zero-order valence-corrected chi connectivity index (χ0v) is 12.4.